The van der Waals surface area contributed by atoms with Crippen molar-refractivity contribution < 1.29 is 9.53 Å². The molecule has 0 spiro atoms. The fourth-order valence-electron chi connectivity index (χ4n) is 1.82. The molecule has 1 aromatic heterocycles. The molecule has 0 radical (unpaired) electrons. The minimum atomic E-state index is -0.441. The van der Waals surface area contributed by atoms with Crippen molar-refractivity contribution in [3.63, 3.8) is 0 Å². The Labute approximate surface area is 137 Å². The molecular formula is C16H15IN2O2. The van der Waals surface area contributed by atoms with Crippen molar-refractivity contribution >= 4 is 46.2 Å². The maximum absolute atomic E-state index is 12.1. The van der Waals surface area contributed by atoms with Gasteiger partial charge in [-0.3, -0.25) is 0 Å². The van der Waals surface area contributed by atoms with Gasteiger partial charge in [-0.05, 0) is 35.1 Å². The number of benzene rings is 1. The molecule has 0 fully saturated rings. The van der Waals surface area contributed by atoms with Crippen LogP contribution in [-0.2, 0) is 16.1 Å². The molecule has 2 rings (SSSR count). The lowest BCUT2D eigenvalue weighted by Gasteiger charge is -2.07. The zero-order valence-corrected chi connectivity index (χ0v) is 13.8. The van der Waals surface area contributed by atoms with Crippen LogP contribution < -0.4 is 0 Å². The molecule has 0 unspecified atom stereocenters. The van der Waals surface area contributed by atoms with E-state index in [4.69, 9.17) is 4.74 Å². The highest BCUT2D eigenvalue weighted by Crippen LogP contribution is 2.30. The molecule has 0 saturated carbocycles. The van der Waals surface area contributed by atoms with E-state index < -0.39 is 5.97 Å². The second kappa shape index (κ2) is 7.21. The van der Waals surface area contributed by atoms with Crippen molar-refractivity contribution in [1.29, 1.82) is 0 Å². The third-order valence-corrected chi connectivity index (χ3v) is 3.68. The van der Waals surface area contributed by atoms with E-state index in [9.17, 15) is 4.79 Å². The third-order valence-electron chi connectivity index (χ3n) is 2.83. The van der Waals surface area contributed by atoms with Crippen LogP contribution in [0.2, 0.25) is 0 Å². The maximum atomic E-state index is 12.1. The van der Waals surface area contributed by atoms with Crippen molar-refractivity contribution in [2.24, 2.45) is 4.99 Å². The Kier molecular flexibility index (Phi) is 5.32. The Morgan fingerprint density at radius 2 is 2.14 bits per heavy atom. The van der Waals surface area contributed by atoms with Gasteiger partial charge in [-0.15, -0.1) is 0 Å². The molecule has 21 heavy (non-hydrogen) atoms. The molecule has 0 aliphatic carbocycles. The van der Waals surface area contributed by atoms with Gasteiger partial charge < -0.3 is 9.72 Å². The first-order valence-corrected chi connectivity index (χ1v) is 7.47. The van der Waals surface area contributed by atoms with E-state index in [1.54, 1.807) is 12.4 Å². The van der Waals surface area contributed by atoms with E-state index >= 15 is 0 Å². The summed E-state index contributed by atoms with van der Waals surface area (Å²) >= 11 is 2.14. The number of carbonyl (C=O) groups is 1. The summed E-state index contributed by atoms with van der Waals surface area (Å²) in [6.07, 6.45) is 3.45. The molecule has 4 nitrogen and oxygen atoms in total. The van der Waals surface area contributed by atoms with Gasteiger partial charge in [-0.25, -0.2) is 9.79 Å². The maximum Gasteiger partial charge on any atom is 0.338 e. The summed E-state index contributed by atoms with van der Waals surface area (Å²) < 4.78 is 6.18. The average Bonchev–Trinajstić information content (AvgIpc) is 2.86. The predicted molar refractivity (Wildman–Crippen MR) is 92.6 cm³/mol. The lowest BCUT2D eigenvalue weighted by molar-refractivity contribution is -0.137. The van der Waals surface area contributed by atoms with Crippen LogP contribution in [0.1, 0.15) is 18.1 Å². The Hall–Kier alpha value is -1.89. The number of carbonyl (C=O) groups excluding carboxylic acids is 1. The molecule has 0 bridgehead atoms. The molecule has 0 saturated heterocycles. The zero-order valence-electron chi connectivity index (χ0n) is 11.6. The van der Waals surface area contributed by atoms with Gasteiger partial charge in [0.05, 0.1) is 5.57 Å². The van der Waals surface area contributed by atoms with Crippen LogP contribution in [-0.4, -0.2) is 17.2 Å². The number of nitrogens with one attached hydrogen (secondary N) is 1. The highest BCUT2D eigenvalue weighted by Gasteiger charge is 2.19. The second-order valence-electron chi connectivity index (χ2n) is 4.29. The molecular weight excluding hydrogens is 379 g/mol. The first kappa shape index (κ1) is 15.5. The molecule has 0 atom stereocenters. The predicted octanol–water partition coefficient (Wildman–Crippen LogP) is 4.10. The molecule has 108 valence electrons. The van der Waals surface area contributed by atoms with Gasteiger partial charge in [0, 0.05) is 21.5 Å². The summed E-state index contributed by atoms with van der Waals surface area (Å²) in [6.45, 7) is 5.88. The van der Waals surface area contributed by atoms with Gasteiger partial charge in [0.1, 0.15) is 12.4 Å². The Bertz CT molecular complexity index is 675. The van der Waals surface area contributed by atoms with Crippen LogP contribution >= 0.6 is 22.6 Å². The summed E-state index contributed by atoms with van der Waals surface area (Å²) in [5, 5.41) is 0. The quantitative estimate of drug-likeness (QED) is 0.359. The van der Waals surface area contributed by atoms with Crippen molar-refractivity contribution in [2.75, 3.05) is 0 Å². The second-order valence-corrected chi connectivity index (χ2v) is 5.45. The molecule has 1 aromatic carbocycles. The fourth-order valence-corrected chi connectivity index (χ4v) is 2.56. The van der Waals surface area contributed by atoms with E-state index in [2.05, 4.69) is 39.1 Å². The highest BCUT2D eigenvalue weighted by atomic mass is 127. The number of nitrogens with zero attached hydrogens (tertiary/aromatic N) is 1. The van der Waals surface area contributed by atoms with E-state index in [1.165, 1.54) is 0 Å². The molecule has 1 heterocycles. The first-order chi connectivity index (χ1) is 10.1. The van der Waals surface area contributed by atoms with E-state index in [0.29, 0.717) is 17.0 Å². The van der Waals surface area contributed by atoms with Crippen LogP contribution in [0.5, 0.6) is 0 Å². The van der Waals surface area contributed by atoms with Gasteiger partial charge in [0.2, 0.25) is 0 Å². The lowest BCUT2D eigenvalue weighted by Crippen LogP contribution is -2.07. The highest BCUT2D eigenvalue weighted by molar-refractivity contribution is 14.1. The number of H-pyrrole nitrogens is 1. The summed E-state index contributed by atoms with van der Waals surface area (Å²) in [5.41, 5.74) is 1.93. The number of hydrogen-bond donors (Lipinski definition) is 1. The molecule has 0 aliphatic rings. The standard InChI is InChI=1S/C16H15IN2O2/c1-3-18-15-14(13(17)9-19-15)11(2)16(20)21-10-12-7-5-4-6-8-12/h3-9,19H,2,10H2,1H3/b18-3-. The van der Waals surface area contributed by atoms with E-state index in [-0.39, 0.29) is 6.61 Å². The minimum Gasteiger partial charge on any atom is -0.457 e. The van der Waals surface area contributed by atoms with Crippen LogP contribution in [0.15, 0.2) is 48.1 Å². The van der Waals surface area contributed by atoms with Gasteiger partial charge >= 0.3 is 5.97 Å². The van der Waals surface area contributed by atoms with Crippen LogP contribution in [0.4, 0.5) is 5.82 Å². The fraction of sp³-hybridized carbons (Fsp3) is 0.125. The Morgan fingerprint density at radius 3 is 2.81 bits per heavy atom. The summed E-state index contributed by atoms with van der Waals surface area (Å²) in [7, 11) is 0. The number of aliphatic imine (C=N–C) groups is 1. The van der Waals surface area contributed by atoms with Crippen LogP contribution in [0.3, 0.4) is 0 Å². The normalized spacial score (nSPS) is 10.8. The largest absolute Gasteiger partial charge is 0.457 e. The molecule has 0 amide bonds. The number of esters is 1. The van der Waals surface area contributed by atoms with Crippen molar-refractivity contribution in [3.05, 3.63) is 57.8 Å². The number of aromatic nitrogens is 1. The Morgan fingerprint density at radius 1 is 1.43 bits per heavy atom. The minimum absolute atomic E-state index is 0.228. The number of halogens is 1. The van der Waals surface area contributed by atoms with E-state index in [0.717, 1.165) is 9.13 Å². The van der Waals surface area contributed by atoms with Gasteiger partial charge in [-0.2, -0.15) is 0 Å². The summed E-state index contributed by atoms with van der Waals surface area (Å²) in [4.78, 5) is 19.3. The Balaban J connectivity index is 2.09. The van der Waals surface area contributed by atoms with Gasteiger partial charge in [0.25, 0.3) is 0 Å². The lowest BCUT2D eigenvalue weighted by atomic mass is 10.1. The van der Waals surface area contributed by atoms with Crippen LogP contribution in [0.25, 0.3) is 5.57 Å². The third kappa shape index (κ3) is 3.81. The van der Waals surface area contributed by atoms with Crippen LogP contribution in [0, 0.1) is 3.57 Å². The average molecular weight is 394 g/mol. The molecule has 2 aromatic rings. The van der Waals surface area contributed by atoms with E-state index in [1.807, 2.05) is 37.3 Å². The SMILES string of the molecule is C=C(C(=O)OCc1ccccc1)c1c(I)c[nH]c1/N=C\C. The monoisotopic (exact) mass is 394 g/mol. The van der Waals surface area contributed by atoms with Gasteiger partial charge in [0.15, 0.2) is 0 Å². The number of rotatable bonds is 5. The first-order valence-electron chi connectivity index (χ1n) is 6.39. The molecule has 5 heteroatoms. The summed E-state index contributed by atoms with van der Waals surface area (Å²) in [6, 6.07) is 9.54. The molecule has 0 aliphatic heterocycles. The molecule has 1 N–H and O–H groups in total. The smallest absolute Gasteiger partial charge is 0.338 e. The van der Waals surface area contributed by atoms with Crippen molar-refractivity contribution in [2.45, 2.75) is 13.5 Å². The zero-order chi connectivity index (χ0) is 15.2. The summed E-state index contributed by atoms with van der Waals surface area (Å²) in [5.74, 6) is 0.174. The van der Waals surface area contributed by atoms with Crippen molar-refractivity contribution in [3.8, 4) is 0 Å². The topological polar surface area (TPSA) is 54.5 Å². The number of ether oxygens (including phenoxy) is 1. The van der Waals surface area contributed by atoms with Gasteiger partial charge in [-0.1, -0.05) is 36.9 Å². The number of hydrogen-bond acceptors (Lipinski definition) is 3. The van der Waals surface area contributed by atoms with Crippen molar-refractivity contribution in [1.82, 2.24) is 4.98 Å². The number of aromatic amines is 1.